The first-order valence-electron chi connectivity index (χ1n) is 5.77. The first-order chi connectivity index (χ1) is 9.19. The number of nitrogens with zero attached hydrogens (tertiary/aromatic N) is 2. The maximum atomic E-state index is 12.9. The predicted molar refractivity (Wildman–Crippen MR) is 65.1 cm³/mol. The van der Waals surface area contributed by atoms with Crippen molar-refractivity contribution in [2.45, 2.75) is 19.3 Å². The molecule has 1 heterocycles. The Morgan fingerprint density at radius 3 is 2.89 bits per heavy atom. The molecule has 0 unspecified atom stereocenters. The topological polar surface area (TPSA) is 72.5 Å². The summed E-state index contributed by atoms with van der Waals surface area (Å²) in [6.45, 7) is 0. The summed E-state index contributed by atoms with van der Waals surface area (Å²) in [5, 5.41) is 5.70. The molecule has 2 rings (SSSR count). The summed E-state index contributed by atoms with van der Waals surface area (Å²) in [5.41, 5.74) is 0.807. The lowest BCUT2D eigenvalue weighted by Crippen LogP contribution is -1.92. The molecule has 1 aromatic heterocycles. The fraction of sp³-hybridized carbons (Fsp3) is 0.231. The van der Waals surface area contributed by atoms with Gasteiger partial charge in [-0.05, 0) is 30.5 Å². The van der Waals surface area contributed by atoms with Crippen LogP contribution in [0.5, 0.6) is 0 Å². The summed E-state index contributed by atoms with van der Waals surface area (Å²) in [4.78, 5) is 20.9. The molecule has 0 aliphatic carbocycles. The summed E-state index contributed by atoms with van der Waals surface area (Å²) in [6, 6.07) is 7.77. The molecule has 1 aromatic carbocycles. The summed E-state index contributed by atoms with van der Waals surface area (Å²) < 4.78 is 17.8. The highest BCUT2D eigenvalue weighted by atomic mass is 19.1. The number of amides is 1. The second-order valence-corrected chi connectivity index (χ2v) is 4.06. The van der Waals surface area contributed by atoms with Crippen molar-refractivity contribution >= 4 is 5.91 Å². The lowest BCUT2D eigenvalue weighted by atomic mass is 10.1. The Morgan fingerprint density at radius 2 is 2.16 bits per heavy atom. The molecule has 0 atom stereocenters. The molecule has 0 N–H and O–H groups in total. The standard InChI is InChI=1S/C13H11FN2O3/c14-10-5-1-3-9(7-10)4-2-6-11-8-12(16-19-11)13(17)15-18/h1,3,5,7-8H,2,4,6H2. The van der Waals surface area contributed by atoms with E-state index >= 15 is 0 Å². The molecule has 1 amide bonds. The number of aromatic nitrogens is 1. The van der Waals surface area contributed by atoms with Gasteiger partial charge in [-0.1, -0.05) is 17.3 Å². The fourth-order valence-corrected chi connectivity index (χ4v) is 1.74. The number of halogens is 1. The van der Waals surface area contributed by atoms with E-state index in [0.717, 1.165) is 12.0 Å². The van der Waals surface area contributed by atoms with E-state index in [4.69, 9.17) is 4.52 Å². The van der Waals surface area contributed by atoms with Gasteiger partial charge in [-0.2, -0.15) is 0 Å². The second kappa shape index (κ2) is 5.99. The molecule has 5 nitrogen and oxygen atoms in total. The average molecular weight is 262 g/mol. The molecule has 0 bridgehead atoms. The zero-order valence-electron chi connectivity index (χ0n) is 10.0. The van der Waals surface area contributed by atoms with Crippen molar-refractivity contribution in [3.8, 4) is 0 Å². The van der Waals surface area contributed by atoms with Crippen LogP contribution < -0.4 is 0 Å². The summed E-state index contributed by atoms with van der Waals surface area (Å²) in [7, 11) is 0. The summed E-state index contributed by atoms with van der Waals surface area (Å²) in [5.74, 6) is -0.703. The van der Waals surface area contributed by atoms with Crippen molar-refractivity contribution in [3.63, 3.8) is 0 Å². The van der Waals surface area contributed by atoms with E-state index in [9.17, 15) is 14.1 Å². The zero-order valence-corrected chi connectivity index (χ0v) is 10.0. The Kier molecular flexibility index (Phi) is 4.12. The van der Waals surface area contributed by atoms with Gasteiger partial charge in [0.2, 0.25) is 0 Å². The van der Waals surface area contributed by atoms with Gasteiger partial charge in [-0.3, -0.25) is 4.79 Å². The number of benzene rings is 1. The van der Waals surface area contributed by atoms with Crippen LogP contribution in [0.3, 0.4) is 0 Å². The van der Waals surface area contributed by atoms with E-state index in [1.807, 2.05) is 6.07 Å². The Bertz CT molecular complexity index is 595. The van der Waals surface area contributed by atoms with Crippen molar-refractivity contribution in [1.82, 2.24) is 5.16 Å². The van der Waals surface area contributed by atoms with Gasteiger partial charge in [0.25, 0.3) is 0 Å². The summed E-state index contributed by atoms with van der Waals surface area (Å²) >= 11 is 0. The molecular formula is C13H11FN2O3. The van der Waals surface area contributed by atoms with Crippen LogP contribution in [0.1, 0.15) is 28.2 Å². The monoisotopic (exact) mass is 262 g/mol. The van der Waals surface area contributed by atoms with Gasteiger partial charge >= 0.3 is 5.91 Å². The normalized spacial score (nSPS) is 10.4. The Balaban J connectivity index is 1.87. The largest absolute Gasteiger partial charge is 0.361 e. The molecule has 0 radical (unpaired) electrons. The van der Waals surface area contributed by atoms with E-state index in [0.29, 0.717) is 18.6 Å². The highest BCUT2D eigenvalue weighted by Crippen LogP contribution is 2.11. The molecule has 0 spiro atoms. The van der Waals surface area contributed by atoms with Crippen LogP contribution in [-0.2, 0) is 12.8 Å². The Hall–Kier alpha value is -2.37. The van der Waals surface area contributed by atoms with Crippen LogP contribution in [0.15, 0.2) is 40.0 Å². The number of nitroso groups, excluding NO2 is 1. The molecule has 6 heteroatoms. The molecule has 0 saturated carbocycles. The van der Waals surface area contributed by atoms with E-state index in [-0.39, 0.29) is 11.5 Å². The zero-order chi connectivity index (χ0) is 13.7. The van der Waals surface area contributed by atoms with E-state index < -0.39 is 5.91 Å². The van der Waals surface area contributed by atoms with E-state index in [1.165, 1.54) is 18.2 Å². The Morgan fingerprint density at radius 1 is 1.32 bits per heavy atom. The van der Waals surface area contributed by atoms with Crippen LogP contribution in [0.2, 0.25) is 0 Å². The number of carbonyl (C=O) groups excluding carboxylic acids is 1. The van der Waals surface area contributed by atoms with Crippen molar-refractivity contribution in [3.05, 3.63) is 58.1 Å². The van der Waals surface area contributed by atoms with Gasteiger partial charge < -0.3 is 4.52 Å². The van der Waals surface area contributed by atoms with Gasteiger partial charge in [0.15, 0.2) is 5.69 Å². The third kappa shape index (κ3) is 3.54. The van der Waals surface area contributed by atoms with Crippen LogP contribution in [0.25, 0.3) is 0 Å². The third-order valence-corrected chi connectivity index (χ3v) is 2.64. The van der Waals surface area contributed by atoms with Gasteiger partial charge in [-0.25, -0.2) is 4.39 Å². The number of carbonyl (C=O) groups is 1. The molecule has 0 saturated heterocycles. The highest BCUT2D eigenvalue weighted by molar-refractivity contribution is 5.92. The second-order valence-electron chi connectivity index (χ2n) is 4.06. The molecule has 19 heavy (non-hydrogen) atoms. The number of hydrogen-bond acceptors (Lipinski definition) is 4. The molecular weight excluding hydrogens is 251 g/mol. The first-order valence-corrected chi connectivity index (χ1v) is 5.77. The van der Waals surface area contributed by atoms with Gasteiger partial charge in [0.1, 0.15) is 11.6 Å². The number of hydrogen-bond donors (Lipinski definition) is 0. The maximum absolute atomic E-state index is 12.9. The van der Waals surface area contributed by atoms with Gasteiger partial charge in [-0.15, -0.1) is 4.91 Å². The first kappa shape index (κ1) is 13.1. The molecule has 0 fully saturated rings. The van der Waals surface area contributed by atoms with Gasteiger partial charge in [0.05, 0.1) is 0 Å². The molecule has 2 aromatic rings. The van der Waals surface area contributed by atoms with E-state index in [2.05, 4.69) is 10.3 Å². The fourth-order valence-electron chi connectivity index (χ4n) is 1.74. The molecule has 0 aliphatic heterocycles. The maximum Gasteiger partial charge on any atom is 0.338 e. The van der Waals surface area contributed by atoms with Crippen LogP contribution in [0.4, 0.5) is 4.39 Å². The summed E-state index contributed by atoms with van der Waals surface area (Å²) in [6.07, 6.45) is 1.96. The van der Waals surface area contributed by atoms with Crippen molar-refractivity contribution in [1.29, 1.82) is 0 Å². The molecule has 98 valence electrons. The Labute approximate surface area is 108 Å². The quantitative estimate of drug-likeness (QED) is 0.776. The predicted octanol–water partition coefficient (Wildman–Crippen LogP) is 2.90. The third-order valence-electron chi connectivity index (χ3n) is 2.64. The van der Waals surface area contributed by atoms with Gasteiger partial charge in [0, 0.05) is 17.7 Å². The van der Waals surface area contributed by atoms with E-state index in [1.54, 1.807) is 6.07 Å². The number of rotatable bonds is 5. The number of aryl methyl sites for hydroxylation is 2. The lowest BCUT2D eigenvalue weighted by Gasteiger charge is -1.99. The highest BCUT2D eigenvalue weighted by Gasteiger charge is 2.12. The van der Waals surface area contributed by atoms with Crippen LogP contribution in [0, 0.1) is 10.7 Å². The minimum absolute atomic E-state index is 0.0873. The van der Waals surface area contributed by atoms with Crippen LogP contribution >= 0.6 is 0 Å². The van der Waals surface area contributed by atoms with Crippen molar-refractivity contribution in [2.24, 2.45) is 5.18 Å². The molecule has 0 aliphatic rings. The van der Waals surface area contributed by atoms with Crippen molar-refractivity contribution < 1.29 is 13.7 Å². The van der Waals surface area contributed by atoms with Crippen LogP contribution in [-0.4, -0.2) is 11.1 Å². The SMILES string of the molecule is O=NC(=O)c1cc(CCCc2cccc(F)c2)on1. The smallest absolute Gasteiger partial charge is 0.338 e. The van der Waals surface area contributed by atoms with Crippen molar-refractivity contribution in [2.75, 3.05) is 0 Å². The lowest BCUT2D eigenvalue weighted by molar-refractivity contribution is 0.0992. The minimum atomic E-state index is -0.944. The minimum Gasteiger partial charge on any atom is -0.361 e. The average Bonchev–Trinajstić information content (AvgIpc) is 2.87.